The van der Waals surface area contributed by atoms with Crippen LogP contribution in [-0.2, 0) is 9.53 Å². The van der Waals surface area contributed by atoms with Crippen LogP contribution in [0.1, 0.15) is 32.4 Å². The van der Waals surface area contributed by atoms with Crippen molar-refractivity contribution in [2.75, 3.05) is 13.7 Å². The van der Waals surface area contributed by atoms with E-state index in [0.717, 1.165) is 5.56 Å². The molecule has 0 saturated carbocycles. The van der Waals surface area contributed by atoms with Crippen LogP contribution >= 0.6 is 0 Å². The van der Waals surface area contributed by atoms with Crippen molar-refractivity contribution in [3.8, 4) is 0 Å². The van der Waals surface area contributed by atoms with Crippen molar-refractivity contribution >= 4 is 5.91 Å². The first kappa shape index (κ1) is 15.7. The van der Waals surface area contributed by atoms with Gasteiger partial charge in [-0.05, 0) is 18.4 Å². The minimum Gasteiger partial charge on any atom is -0.388 e. The van der Waals surface area contributed by atoms with E-state index in [1.165, 1.54) is 7.11 Å². The second-order valence-corrected chi connectivity index (χ2v) is 5.26. The Morgan fingerprint density at radius 1 is 1.37 bits per heavy atom. The molecule has 1 aromatic carbocycles. The molecule has 4 heteroatoms. The molecule has 0 radical (unpaired) electrons. The van der Waals surface area contributed by atoms with Gasteiger partial charge in [0.05, 0.1) is 5.60 Å². The third-order valence-corrected chi connectivity index (χ3v) is 3.44. The molecule has 0 aromatic heterocycles. The van der Waals surface area contributed by atoms with Crippen LogP contribution in [0.4, 0.5) is 0 Å². The summed E-state index contributed by atoms with van der Waals surface area (Å²) < 4.78 is 5.23. The van der Waals surface area contributed by atoms with Crippen LogP contribution in [0.15, 0.2) is 30.3 Å². The third-order valence-electron chi connectivity index (χ3n) is 3.44. The number of rotatable bonds is 6. The van der Waals surface area contributed by atoms with Crippen LogP contribution in [0, 0.1) is 5.92 Å². The normalized spacial score (nSPS) is 15.9. The molecule has 1 amide bonds. The summed E-state index contributed by atoms with van der Waals surface area (Å²) in [7, 11) is 1.50. The Bertz CT molecular complexity index is 401. The number of amides is 1. The molecular weight excluding hydrogens is 242 g/mol. The monoisotopic (exact) mass is 265 g/mol. The molecule has 4 nitrogen and oxygen atoms in total. The maximum atomic E-state index is 12.1. The average molecular weight is 265 g/mol. The summed E-state index contributed by atoms with van der Waals surface area (Å²) >= 11 is 0. The lowest BCUT2D eigenvalue weighted by Gasteiger charge is -2.28. The maximum Gasteiger partial charge on any atom is 0.253 e. The molecule has 2 unspecified atom stereocenters. The van der Waals surface area contributed by atoms with E-state index in [1.54, 1.807) is 6.92 Å². The van der Waals surface area contributed by atoms with Gasteiger partial charge in [0.25, 0.3) is 5.91 Å². The lowest BCUT2D eigenvalue weighted by atomic mass is 9.92. The minimum absolute atomic E-state index is 0.0607. The van der Waals surface area contributed by atoms with Crippen molar-refractivity contribution in [2.45, 2.75) is 32.5 Å². The summed E-state index contributed by atoms with van der Waals surface area (Å²) in [5.41, 5.74) is -0.128. The largest absolute Gasteiger partial charge is 0.388 e. The first-order valence-corrected chi connectivity index (χ1v) is 6.46. The van der Waals surface area contributed by atoms with Crippen molar-refractivity contribution in [3.05, 3.63) is 35.9 Å². The Morgan fingerprint density at radius 2 is 1.95 bits per heavy atom. The second-order valence-electron chi connectivity index (χ2n) is 5.26. The van der Waals surface area contributed by atoms with Gasteiger partial charge in [0.2, 0.25) is 0 Å². The predicted octanol–water partition coefficient (Wildman–Crippen LogP) is 1.90. The van der Waals surface area contributed by atoms with Crippen LogP contribution in [-0.4, -0.2) is 30.3 Å². The molecule has 2 atom stereocenters. The number of carbonyl (C=O) groups excluding carboxylic acids is 1. The number of methoxy groups -OCH3 is 1. The summed E-state index contributed by atoms with van der Waals surface area (Å²) in [5.74, 6) is -0.180. The molecule has 0 saturated heterocycles. The van der Waals surface area contributed by atoms with E-state index in [9.17, 15) is 9.90 Å². The van der Waals surface area contributed by atoms with E-state index in [4.69, 9.17) is 4.74 Å². The fourth-order valence-electron chi connectivity index (χ4n) is 1.59. The van der Waals surface area contributed by atoms with E-state index < -0.39 is 11.7 Å². The van der Waals surface area contributed by atoms with Crippen LogP contribution in [0.2, 0.25) is 0 Å². The minimum atomic E-state index is -0.926. The molecule has 19 heavy (non-hydrogen) atoms. The zero-order valence-electron chi connectivity index (χ0n) is 12.0. The smallest absolute Gasteiger partial charge is 0.253 e. The Morgan fingerprint density at radius 3 is 2.42 bits per heavy atom. The summed E-state index contributed by atoms with van der Waals surface area (Å²) in [5, 5.41) is 12.8. The first-order valence-electron chi connectivity index (χ1n) is 6.46. The van der Waals surface area contributed by atoms with E-state index in [-0.39, 0.29) is 18.4 Å². The molecule has 1 rings (SSSR count). The number of hydrogen-bond donors (Lipinski definition) is 2. The Kier molecular flexibility index (Phi) is 5.51. The molecule has 0 aliphatic carbocycles. The highest BCUT2D eigenvalue weighted by Gasteiger charge is 2.27. The average Bonchev–Trinajstić information content (AvgIpc) is 2.38. The highest BCUT2D eigenvalue weighted by molar-refractivity contribution is 5.82. The molecule has 1 aromatic rings. The van der Waals surface area contributed by atoms with E-state index in [1.807, 2.05) is 44.2 Å². The van der Waals surface area contributed by atoms with Crippen molar-refractivity contribution in [1.29, 1.82) is 0 Å². The van der Waals surface area contributed by atoms with E-state index >= 15 is 0 Å². The summed E-state index contributed by atoms with van der Waals surface area (Å²) in [6.45, 7) is 5.74. The fraction of sp³-hybridized carbons (Fsp3) is 0.533. The Labute approximate surface area is 114 Å². The van der Waals surface area contributed by atoms with Gasteiger partial charge in [0.15, 0.2) is 6.10 Å². The number of carbonyl (C=O) groups is 1. The van der Waals surface area contributed by atoms with Gasteiger partial charge >= 0.3 is 0 Å². The fourth-order valence-corrected chi connectivity index (χ4v) is 1.59. The zero-order chi connectivity index (χ0) is 14.5. The quantitative estimate of drug-likeness (QED) is 0.826. The molecule has 0 bridgehead atoms. The first-order chi connectivity index (χ1) is 8.88. The summed E-state index contributed by atoms with van der Waals surface area (Å²) in [6, 6.07) is 9.29. The molecule has 2 N–H and O–H groups in total. The van der Waals surface area contributed by atoms with Gasteiger partial charge in [-0.15, -0.1) is 0 Å². The van der Waals surface area contributed by atoms with Crippen molar-refractivity contribution in [3.63, 3.8) is 0 Å². The van der Waals surface area contributed by atoms with Gasteiger partial charge in [0, 0.05) is 13.7 Å². The van der Waals surface area contributed by atoms with Gasteiger partial charge in [-0.1, -0.05) is 44.2 Å². The predicted molar refractivity (Wildman–Crippen MR) is 74.7 cm³/mol. The number of ether oxygens (including phenoxy) is 1. The van der Waals surface area contributed by atoms with Crippen molar-refractivity contribution in [2.24, 2.45) is 5.92 Å². The van der Waals surface area contributed by atoms with Gasteiger partial charge in [-0.2, -0.15) is 0 Å². The molecule has 0 heterocycles. The molecular formula is C15H23NO3. The number of hydrogen-bond acceptors (Lipinski definition) is 3. The molecule has 0 aliphatic rings. The van der Waals surface area contributed by atoms with Gasteiger partial charge in [-0.25, -0.2) is 0 Å². The summed E-state index contributed by atoms with van der Waals surface area (Å²) in [6.07, 6.45) is -0.649. The van der Waals surface area contributed by atoms with Gasteiger partial charge in [0.1, 0.15) is 0 Å². The lowest BCUT2D eigenvalue weighted by Crippen LogP contribution is -2.45. The Balaban J connectivity index is 2.66. The lowest BCUT2D eigenvalue weighted by molar-refractivity contribution is -0.133. The third kappa shape index (κ3) is 4.33. The summed E-state index contributed by atoms with van der Waals surface area (Å²) in [4.78, 5) is 12.1. The second kappa shape index (κ2) is 6.68. The maximum absolute atomic E-state index is 12.1. The van der Waals surface area contributed by atoms with Crippen LogP contribution < -0.4 is 5.32 Å². The Hall–Kier alpha value is -1.39. The van der Waals surface area contributed by atoms with Crippen molar-refractivity contribution in [1.82, 2.24) is 5.32 Å². The highest BCUT2D eigenvalue weighted by Crippen LogP contribution is 2.18. The van der Waals surface area contributed by atoms with Gasteiger partial charge < -0.3 is 15.2 Å². The SMILES string of the molecule is COC(C(=O)NCC(C)(O)C(C)C)c1ccccc1. The topological polar surface area (TPSA) is 58.6 Å². The van der Waals surface area contributed by atoms with E-state index in [0.29, 0.717) is 0 Å². The highest BCUT2D eigenvalue weighted by atomic mass is 16.5. The number of aliphatic hydroxyl groups is 1. The molecule has 0 spiro atoms. The van der Waals surface area contributed by atoms with Crippen molar-refractivity contribution < 1.29 is 14.6 Å². The van der Waals surface area contributed by atoms with E-state index in [2.05, 4.69) is 5.32 Å². The molecule has 0 aliphatic heterocycles. The molecule has 0 fully saturated rings. The van der Waals surface area contributed by atoms with Crippen LogP contribution in [0.5, 0.6) is 0 Å². The number of nitrogens with one attached hydrogen (secondary N) is 1. The van der Waals surface area contributed by atoms with Gasteiger partial charge in [-0.3, -0.25) is 4.79 Å². The molecule has 106 valence electrons. The zero-order valence-corrected chi connectivity index (χ0v) is 12.0. The van der Waals surface area contributed by atoms with Crippen LogP contribution in [0.25, 0.3) is 0 Å². The standard InChI is InChI=1S/C15H23NO3/c1-11(2)15(3,18)10-16-14(17)13(19-4)12-8-6-5-7-9-12/h5-9,11,13,18H,10H2,1-4H3,(H,16,17). The number of benzene rings is 1. The van der Waals surface area contributed by atoms with Crippen LogP contribution in [0.3, 0.4) is 0 Å².